The molecule has 0 saturated carbocycles. The quantitative estimate of drug-likeness (QED) is 0.844. The molecule has 0 aliphatic carbocycles. The van der Waals surface area contributed by atoms with Crippen molar-refractivity contribution in [1.82, 2.24) is 4.90 Å². The second-order valence-corrected chi connectivity index (χ2v) is 7.40. The summed E-state index contributed by atoms with van der Waals surface area (Å²) in [5.74, 6) is -0.401. The van der Waals surface area contributed by atoms with Crippen molar-refractivity contribution < 1.29 is 24.2 Å². The molecule has 0 saturated heterocycles. The zero-order valence-corrected chi connectivity index (χ0v) is 16.1. The van der Waals surface area contributed by atoms with Crippen LogP contribution >= 0.6 is 0 Å². The number of carboxylic acids is 1. The molecule has 1 aromatic rings. The number of nitrogens with zero attached hydrogens (tertiary/aromatic N) is 1. The van der Waals surface area contributed by atoms with Crippen LogP contribution in [0.25, 0.3) is 0 Å². The Labute approximate surface area is 149 Å². The molecule has 0 aromatic heterocycles. The molecule has 2 unspecified atom stereocenters. The summed E-state index contributed by atoms with van der Waals surface area (Å²) in [4.78, 5) is 24.9. The fourth-order valence-corrected chi connectivity index (χ4v) is 2.39. The predicted octanol–water partition coefficient (Wildman–Crippen LogP) is 3.78. The minimum atomic E-state index is -1.09. The van der Waals surface area contributed by atoms with Crippen LogP contribution in [0, 0.1) is 13.8 Å². The molecule has 6 nitrogen and oxygen atoms in total. The van der Waals surface area contributed by atoms with Crippen molar-refractivity contribution in [3.8, 4) is 5.75 Å². The Kier molecular flexibility index (Phi) is 6.85. The van der Waals surface area contributed by atoms with Crippen molar-refractivity contribution in [2.24, 2.45) is 0 Å². The van der Waals surface area contributed by atoms with E-state index in [9.17, 15) is 14.7 Å². The van der Waals surface area contributed by atoms with Crippen LogP contribution in [0.1, 0.15) is 45.7 Å². The van der Waals surface area contributed by atoms with Gasteiger partial charge in [0, 0.05) is 0 Å². The van der Waals surface area contributed by atoms with Gasteiger partial charge in [-0.05, 0) is 71.7 Å². The van der Waals surface area contributed by atoms with Crippen molar-refractivity contribution in [3.05, 3.63) is 29.3 Å². The smallest absolute Gasteiger partial charge is 0.411 e. The zero-order valence-electron chi connectivity index (χ0n) is 16.1. The summed E-state index contributed by atoms with van der Waals surface area (Å²) in [5, 5.41) is 9.28. The summed E-state index contributed by atoms with van der Waals surface area (Å²) in [7, 11) is 0. The number of aryl methyl sites for hydroxylation is 2. The SMILES string of the molecule is Cc1cc(C)cc(OC(C)CN(C(=O)OC(C)(C)C)C(C)C(=O)O)c1. The maximum absolute atomic E-state index is 12.4. The third kappa shape index (κ3) is 7.03. The van der Waals surface area contributed by atoms with E-state index < -0.39 is 29.8 Å². The maximum atomic E-state index is 12.4. The van der Waals surface area contributed by atoms with Crippen LogP contribution in [0.2, 0.25) is 0 Å². The van der Waals surface area contributed by atoms with Gasteiger partial charge in [-0.2, -0.15) is 0 Å². The number of rotatable bonds is 6. The molecule has 0 aliphatic heterocycles. The standard InChI is InChI=1S/C19H29NO5/c1-12-8-13(2)10-16(9-12)24-14(3)11-20(15(4)17(21)22)18(23)25-19(5,6)7/h8-10,14-15H,11H2,1-7H3,(H,21,22). The number of hydrogen-bond acceptors (Lipinski definition) is 4. The van der Waals surface area contributed by atoms with Gasteiger partial charge in [0.15, 0.2) is 0 Å². The van der Waals surface area contributed by atoms with E-state index in [1.807, 2.05) is 32.0 Å². The summed E-state index contributed by atoms with van der Waals surface area (Å²) in [6.07, 6.45) is -1.06. The molecule has 0 aliphatic rings. The largest absolute Gasteiger partial charge is 0.489 e. The number of aliphatic carboxylic acids is 1. The third-order valence-electron chi connectivity index (χ3n) is 3.44. The first kappa shape index (κ1) is 20.8. The van der Waals surface area contributed by atoms with Gasteiger partial charge in [-0.25, -0.2) is 9.59 Å². The first-order chi connectivity index (χ1) is 11.4. The average molecular weight is 351 g/mol. The van der Waals surface area contributed by atoms with Gasteiger partial charge in [0.25, 0.3) is 0 Å². The average Bonchev–Trinajstić information content (AvgIpc) is 2.40. The third-order valence-corrected chi connectivity index (χ3v) is 3.44. The Morgan fingerprint density at radius 1 is 1.12 bits per heavy atom. The second kappa shape index (κ2) is 8.23. The fourth-order valence-electron chi connectivity index (χ4n) is 2.39. The van der Waals surface area contributed by atoms with Gasteiger partial charge in [0.2, 0.25) is 0 Å². The van der Waals surface area contributed by atoms with E-state index in [-0.39, 0.29) is 6.54 Å². The minimum absolute atomic E-state index is 0.107. The molecule has 140 valence electrons. The Morgan fingerprint density at radius 2 is 1.64 bits per heavy atom. The second-order valence-electron chi connectivity index (χ2n) is 7.40. The molecule has 0 bridgehead atoms. The molecule has 1 amide bonds. The topological polar surface area (TPSA) is 76.1 Å². The van der Waals surface area contributed by atoms with Crippen molar-refractivity contribution in [3.63, 3.8) is 0 Å². The van der Waals surface area contributed by atoms with Crippen molar-refractivity contribution in [2.45, 2.75) is 66.2 Å². The monoisotopic (exact) mass is 351 g/mol. The molecular formula is C19H29NO5. The Hall–Kier alpha value is -2.24. The Balaban J connectivity index is 2.88. The van der Waals surface area contributed by atoms with Crippen LogP contribution < -0.4 is 4.74 Å². The van der Waals surface area contributed by atoms with Crippen LogP contribution in [0.5, 0.6) is 5.75 Å². The van der Waals surface area contributed by atoms with E-state index in [1.54, 1.807) is 27.7 Å². The van der Waals surface area contributed by atoms with E-state index in [2.05, 4.69) is 0 Å². The van der Waals surface area contributed by atoms with Gasteiger partial charge in [-0.3, -0.25) is 4.90 Å². The van der Waals surface area contributed by atoms with Crippen LogP contribution in [-0.4, -0.2) is 46.4 Å². The number of hydrogen-bond donors (Lipinski definition) is 1. The number of ether oxygens (including phenoxy) is 2. The lowest BCUT2D eigenvalue weighted by atomic mass is 10.1. The van der Waals surface area contributed by atoms with E-state index in [0.29, 0.717) is 5.75 Å². The van der Waals surface area contributed by atoms with E-state index >= 15 is 0 Å². The molecule has 0 heterocycles. The molecule has 1 N–H and O–H groups in total. The molecule has 6 heteroatoms. The normalized spacial score (nSPS) is 13.7. The number of carbonyl (C=O) groups is 2. The van der Waals surface area contributed by atoms with Crippen LogP contribution in [-0.2, 0) is 9.53 Å². The van der Waals surface area contributed by atoms with Crippen molar-refractivity contribution in [1.29, 1.82) is 0 Å². The highest BCUT2D eigenvalue weighted by molar-refractivity contribution is 5.79. The fraction of sp³-hybridized carbons (Fsp3) is 0.579. The summed E-state index contributed by atoms with van der Waals surface area (Å²) in [6, 6.07) is 4.83. The molecule has 0 fully saturated rings. The number of amides is 1. The van der Waals surface area contributed by atoms with Gasteiger partial charge in [0.1, 0.15) is 23.5 Å². The number of benzene rings is 1. The van der Waals surface area contributed by atoms with E-state index in [1.165, 1.54) is 11.8 Å². The summed E-state index contributed by atoms with van der Waals surface area (Å²) < 4.78 is 11.2. The van der Waals surface area contributed by atoms with Crippen molar-refractivity contribution >= 4 is 12.1 Å². The first-order valence-corrected chi connectivity index (χ1v) is 8.36. The molecule has 1 rings (SSSR count). The lowest BCUT2D eigenvalue weighted by Crippen LogP contribution is -2.49. The van der Waals surface area contributed by atoms with Crippen LogP contribution in [0.4, 0.5) is 4.79 Å². The molecular weight excluding hydrogens is 322 g/mol. The number of carboxylic acid groups (broad SMARTS) is 1. The van der Waals surface area contributed by atoms with E-state index in [0.717, 1.165) is 11.1 Å². The van der Waals surface area contributed by atoms with Crippen LogP contribution in [0.15, 0.2) is 18.2 Å². The highest BCUT2D eigenvalue weighted by Gasteiger charge is 2.31. The molecule has 1 aromatic carbocycles. The molecule has 0 radical (unpaired) electrons. The lowest BCUT2D eigenvalue weighted by Gasteiger charge is -2.31. The minimum Gasteiger partial charge on any atom is -0.489 e. The Morgan fingerprint density at radius 3 is 2.08 bits per heavy atom. The van der Waals surface area contributed by atoms with Gasteiger partial charge in [-0.15, -0.1) is 0 Å². The molecule has 25 heavy (non-hydrogen) atoms. The van der Waals surface area contributed by atoms with Gasteiger partial charge in [-0.1, -0.05) is 6.07 Å². The summed E-state index contributed by atoms with van der Waals surface area (Å²) in [5.41, 5.74) is 1.45. The van der Waals surface area contributed by atoms with Crippen LogP contribution in [0.3, 0.4) is 0 Å². The highest BCUT2D eigenvalue weighted by atomic mass is 16.6. The molecule has 2 atom stereocenters. The van der Waals surface area contributed by atoms with Gasteiger partial charge in [0.05, 0.1) is 6.54 Å². The maximum Gasteiger partial charge on any atom is 0.411 e. The summed E-state index contributed by atoms with van der Waals surface area (Å²) >= 11 is 0. The lowest BCUT2D eigenvalue weighted by molar-refractivity contribution is -0.142. The van der Waals surface area contributed by atoms with Gasteiger partial charge >= 0.3 is 12.1 Å². The zero-order chi connectivity index (χ0) is 19.4. The highest BCUT2D eigenvalue weighted by Crippen LogP contribution is 2.19. The van der Waals surface area contributed by atoms with E-state index in [4.69, 9.17) is 9.47 Å². The molecule has 0 spiro atoms. The number of carbonyl (C=O) groups excluding carboxylic acids is 1. The van der Waals surface area contributed by atoms with Gasteiger partial charge < -0.3 is 14.6 Å². The Bertz CT molecular complexity index is 600. The first-order valence-electron chi connectivity index (χ1n) is 8.36. The summed E-state index contributed by atoms with van der Waals surface area (Å²) in [6.45, 7) is 12.5. The van der Waals surface area contributed by atoms with Crippen molar-refractivity contribution in [2.75, 3.05) is 6.54 Å². The predicted molar refractivity (Wildman–Crippen MR) is 96.0 cm³/mol.